The van der Waals surface area contributed by atoms with Crippen molar-refractivity contribution in [3.63, 3.8) is 0 Å². The number of carboxylic acid groups (broad SMARTS) is 1. The molecule has 0 bridgehead atoms. The molecule has 3 N–H and O–H groups in total. The fraction of sp³-hybridized carbons (Fsp3) is 0.682. The van der Waals surface area contributed by atoms with Gasteiger partial charge in [0, 0.05) is 24.2 Å². The fourth-order valence-electron chi connectivity index (χ4n) is 4.70. The highest BCUT2D eigenvalue weighted by molar-refractivity contribution is 5.95. The first-order valence-corrected chi connectivity index (χ1v) is 10.8. The Morgan fingerprint density at radius 1 is 1.14 bits per heavy atom. The van der Waals surface area contributed by atoms with Gasteiger partial charge in [-0.25, -0.2) is 4.79 Å². The van der Waals surface area contributed by atoms with E-state index in [1.54, 1.807) is 13.0 Å². The largest absolute Gasteiger partial charge is 0.480 e. The van der Waals surface area contributed by atoms with Crippen molar-refractivity contribution in [3.05, 3.63) is 23.9 Å². The van der Waals surface area contributed by atoms with E-state index >= 15 is 0 Å². The number of hydrogen-bond acceptors (Lipinski definition) is 4. The minimum absolute atomic E-state index is 0.0246. The molecule has 3 rings (SSSR count). The Hall–Kier alpha value is -2.11. The molecule has 1 aliphatic heterocycles. The van der Waals surface area contributed by atoms with E-state index in [1.165, 1.54) is 19.3 Å². The number of nitrogens with zero attached hydrogens (tertiary/aromatic N) is 1. The molecule has 6 heteroatoms. The minimum atomic E-state index is -0.881. The zero-order valence-corrected chi connectivity index (χ0v) is 16.8. The van der Waals surface area contributed by atoms with Crippen molar-refractivity contribution in [1.82, 2.24) is 10.6 Å². The summed E-state index contributed by atoms with van der Waals surface area (Å²) >= 11 is 0. The summed E-state index contributed by atoms with van der Waals surface area (Å²) in [6.45, 7) is 2.32. The van der Waals surface area contributed by atoms with Gasteiger partial charge in [0.2, 0.25) is 0 Å². The Balaban J connectivity index is 1.80. The van der Waals surface area contributed by atoms with Gasteiger partial charge in [0.05, 0.1) is 0 Å². The molecular weight excluding hydrogens is 354 g/mol. The van der Waals surface area contributed by atoms with Crippen molar-refractivity contribution in [2.75, 3.05) is 6.54 Å². The zero-order valence-electron chi connectivity index (χ0n) is 16.8. The average molecular weight is 388 g/mol. The van der Waals surface area contributed by atoms with E-state index in [-0.39, 0.29) is 17.9 Å². The maximum absolute atomic E-state index is 12.7. The predicted molar refractivity (Wildman–Crippen MR) is 110 cm³/mol. The molecule has 1 heterocycles. The molecule has 2 aliphatic carbocycles. The van der Waals surface area contributed by atoms with Crippen LogP contribution < -0.4 is 10.6 Å². The molecule has 3 atom stereocenters. The maximum Gasteiger partial charge on any atom is 0.328 e. The van der Waals surface area contributed by atoms with E-state index in [9.17, 15) is 14.7 Å². The van der Waals surface area contributed by atoms with Crippen LogP contribution in [-0.4, -0.2) is 41.3 Å². The summed E-state index contributed by atoms with van der Waals surface area (Å²) in [5.74, 6) is -0.459. The van der Waals surface area contributed by atoms with E-state index in [1.807, 2.05) is 12.2 Å². The van der Waals surface area contributed by atoms with Crippen LogP contribution in [0.25, 0.3) is 0 Å². The lowest BCUT2D eigenvalue weighted by molar-refractivity contribution is -0.138. The number of allylic oxidation sites excluding steroid dienone is 2. The van der Waals surface area contributed by atoms with Gasteiger partial charge < -0.3 is 15.7 Å². The molecule has 1 amide bonds. The summed E-state index contributed by atoms with van der Waals surface area (Å²) < 4.78 is 0. The van der Waals surface area contributed by atoms with Crippen LogP contribution in [0.5, 0.6) is 0 Å². The number of rotatable bonds is 6. The number of nitrogens with one attached hydrogen (secondary N) is 2. The average Bonchev–Trinajstić information content (AvgIpc) is 2.73. The number of dihydropyridines is 1. The van der Waals surface area contributed by atoms with Gasteiger partial charge in [-0.05, 0) is 44.6 Å². The van der Waals surface area contributed by atoms with Gasteiger partial charge in [0.15, 0.2) is 0 Å². The standard InChI is InChI=1S/C22H33N3O3/c1-15(22(27)28)24-20(16-9-3-2-4-10-16)17-11-5-6-12-18(17)25-21(26)19-13-7-8-14-23-19/h7-8,13,15-18,23H,2-6,9-12,14H2,1H3,(H,25,26)(H,27,28). The smallest absolute Gasteiger partial charge is 0.328 e. The first-order valence-electron chi connectivity index (χ1n) is 10.8. The Labute approximate surface area is 167 Å². The Morgan fingerprint density at radius 2 is 1.86 bits per heavy atom. The van der Waals surface area contributed by atoms with Gasteiger partial charge in [-0.3, -0.25) is 9.79 Å². The molecule has 3 unspecified atom stereocenters. The van der Waals surface area contributed by atoms with Crippen LogP contribution in [0.1, 0.15) is 64.7 Å². The molecule has 0 radical (unpaired) electrons. The van der Waals surface area contributed by atoms with Gasteiger partial charge in [0.25, 0.3) is 5.91 Å². The summed E-state index contributed by atoms with van der Waals surface area (Å²) in [6, 6.07) is -0.709. The molecule has 28 heavy (non-hydrogen) atoms. The molecule has 0 spiro atoms. The van der Waals surface area contributed by atoms with Gasteiger partial charge in [-0.1, -0.05) is 44.3 Å². The Kier molecular flexibility index (Phi) is 7.29. The number of aliphatic carboxylic acids is 1. The minimum Gasteiger partial charge on any atom is -0.480 e. The van der Waals surface area contributed by atoms with Crippen LogP contribution in [0.2, 0.25) is 0 Å². The van der Waals surface area contributed by atoms with E-state index in [2.05, 4.69) is 10.6 Å². The van der Waals surface area contributed by atoms with Crippen LogP contribution in [-0.2, 0) is 9.59 Å². The quantitative estimate of drug-likeness (QED) is 0.611. The Bertz CT molecular complexity index is 662. The SMILES string of the molecule is CC(N=C(C1CCCCC1)C1CCCCC1NC(=O)C1=CC=CCN1)C(=O)O. The normalized spacial score (nSPS) is 27.5. The number of carbonyl (C=O) groups is 2. The summed E-state index contributed by atoms with van der Waals surface area (Å²) in [4.78, 5) is 28.9. The monoisotopic (exact) mass is 387 g/mol. The third kappa shape index (κ3) is 5.24. The highest BCUT2D eigenvalue weighted by Crippen LogP contribution is 2.34. The molecule has 0 aromatic carbocycles. The van der Waals surface area contributed by atoms with Crippen LogP contribution in [0.4, 0.5) is 0 Å². The maximum atomic E-state index is 12.7. The first-order chi connectivity index (χ1) is 13.6. The number of carboxylic acids is 1. The first kappa shape index (κ1) is 20.6. The molecule has 154 valence electrons. The molecule has 0 aromatic rings. The molecule has 0 saturated heterocycles. The second-order valence-corrected chi connectivity index (χ2v) is 8.26. The van der Waals surface area contributed by atoms with Crippen molar-refractivity contribution >= 4 is 17.6 Å². The van der Waals surface area contributed by atoms with Gasteiger partial charge in [-0.15, -0.1) is 0 Å². The summed E-state index contributed by atoms with van der Waals surface area (Å²) in [7, 11) is 0. The second kappa shape index (κ2) is 9.89. The predicted octanol–water partition coefficient (Wildman–Crippen LogP) is 3.20. The number of amides is 1. The third-order valence-electron chi connectivity index (χ3n) is 6.24. The number of carbonyl (C=O) groups excluding carboxylic acids is 1. The zero-order chi connectivity index (χ0) is 19.9. The third-order valence-corrected chi connectivity index (χ3v) is 6.24. The summed E-state index contributed by atoms with van der Waals surface area (Å²) in [6.07, 6.45) is 15.5. The van der Waals surface area contributed by atoms with Crippen molar-refractivity contribution in [2.24, 2.45) is 16.8 Å². The molecule has 3 aliphatic rings. The lowest BCUT2D eigenvalue weighted by atomic mass is 9.73. The topological polar surface area (TPSA) is 90.8 Å². The summed E-state index contributed by atoms with van der Waals surface area (Å²) in [5, 5.41) is 15.8. The van der Waals surface area contributed by atoms with Crippen LogP contribution in [0.3, 0.4) is 0 Å². The second-order valence-electron chi connectivity index (χ2n) is 8.26. The van der Waals surface area contributed by atoms with Gasteiger partial charge >= 0.3 is 5.97 Å². The van der Waals surface area contributed by atoms with Crippen LogP contribution in [0.15, 0.2) is 28.9 Å². The van der Waals surface area contributed by atoms with Crippen LogP contribution >= 0.6 is 0 Å². The van der Waals surface area contributed by atoms with E-state index in [0.29, 0.717) is 18.2 Å². The number of hydrogen-bond donors (Lipinski definition) is 3. The van der Waals surface area contributed by atoms with Crippen LogP contribution in [0, 0.1) is 11.8 Å². The lowest BCUT2D eigenvalue weighted by Crippen LogP contribution is -2.48. The highest BCUT2D eigenvalue weighted by Gasteiger charge is 2.35. The van der Waals surface area contributed by atoms with E-state index in [4.69, 9.17) is 4.99 Å². The molecule has 2 saturated carbocycles. The molecular formula is C22H33N3O3. The molecule has 6 nitrogen and oxygen atoms in total. The van der Waals surface area contributed by atoms with Crippen molar-refractivity contribution in [3.8, 4) is 0 Å². The van der Waals surface area contributed by atoms with Gasteiger partial charge in [0.1, 0.15) is 11.7 Å². The summed E-state index contributed by atoms with van der Waals surface area (Å²) in [5.41, 5.74) is 1.65. The lowest BCUT2D eigenvalue weighted by Gasteiger charge is -2.37. The fourth-order valence-corrected chi connectivity index (χ4v) is 4.70. The van der Waals surface area contributed by atoms with E-state index in [0.717, 1.165) is 44.2 Å². The Morgan fingerprint density at radius 3 is 2.54 bits per heavy atom. The van der Waals surface area contributed by atoms with Crippen molar-refractivity contribution in [2.45, 2.75) is 76.8 Å². The highest BCUT2D eigenvalue weighted by atomic mass is 16.4. The molecule has 2 fully saturated rings. The van der Waals surface area contributed by atoms with Crippen molar-refractivity contribution in [1.29, 1.82) is 0 Å². The number of aliphatic imine (C=N–C) groups is 1. The van der Waals surface area contributed by atoms with E-state index < -0.39 is 12.0 Å². The molecule has 0 aromatic heterocycles. The van der Waals surface area contributed by atoms with Crippen molar-refractivity contribution < 1.29 is 14.7 Å². The van der Waals surface area contributed by atoms with Gasteiger partial charge in [-0.2, -0.15) is 0 Å².